The Kier molecular flexibility index (Phi) is 3.59. The van der Waals surface area contributed by atoms with E-state index in [1.165, 1.54) is 11.8 Å². The van der Waals surface area contributed by atoms with Crippen molar-refractivity contribution in [2.45, 2.75) is 9.92 Å². The molecule has 0 radical (unpaired) electrons. The Morgan fingerprint density at radius 3 is 2.56 bits per heavy atom. The molecule has 2 N–H and O–H groups in total. The number of anilines is 1. The minimum atomic E-state index is 0.608. The summed E-state index contributed by atoms with van der Waals surface area (Å²) in [6.07, 6.45) is 1.59. The molecule has 0 saturated heterocycles. The molecule has 0 fully saturated rings. The van der Waals surface area contributed by atoms with Gasteiger partial charge in [-0.3, -0.25) is 0 Å². The smallest absolute Gasteiger partial charge is 0.101 e. The van der Waals surface area contributed by atoms with Crippen LogP contribution in [0, 0.1) is 0 Å². The maximum Gasteiger partial charge on any atom is 0.101 e. The minimum Gasteiger partial charge on any atom is -0.398 e. The number of nitrogen functional groups attached to an aromatic ring is 1. The Labute approximate surface area is 108 Å². The van der Waals surface area contributed by atoms with Crippen LogP contribution in [0.5, 0.6) is 0 Å². The molecular weight excluding hydrogens is 263 g/mol. The first-order valence-corrected chi connectivity index (χ1v) is 6.07. The third kappa shape index (κ3) is 2.61. The molecule has 1 aromatic heterocycles. The van der Waals surface area contributed by atoms with E-state index in [0.29, 0.717) is 15.7 Å². The molecule has 1 aromatic carbocycles. The molecule has 0 atom stereocenters. The van der Waals surface area contributed by atoms with Crippen LogP contribution < -0.4 is 5.73 Å². The zero-order chi connectivity index (χ0) is 11.5. The monoisotopic (exact) mass is 270 g/mol. The molecule has 1 heterocycles. The SMILES string of the molecule is Nc1cccc(Cl)c1Sc1ccc(Cl)cn1. The number of halogens is 2. The lowest BCUT2D eigenvalue weighted by Gasteiger charge is -2.06. The highest BCUT2D eigenvalue weighted by atomic mass is 35.5. The highest BCUT2D eigenvalue weighted by Crippen LogP contribution is 2.36. The molecule has 2 rings (SSSR count). The van der Waals surface area contributed by atoms with E-state index in [9.17, 15) is 0 Å². The molecule has 2 nitrogen and oxygen atoms in total. The van der Waals surface area contributed by atoms with Crippen LogP contribution in [0.3, 0.4) is 0 Å². The molecule has 0 aliphatic rings. The summed E-state index contributed by atoms with van der Waals surface area (Å²) in [5.41, 5.74) is 6.49. The molecule has 16 heavy (non-hydrogen) atoms. The van der Waals surface area contributed by atoms with Gasteiger partial charge in [0.1, 0.15) is 5.03 Å². The van der Waals surface area contributed by atoms with E-state index in [1.807, 2.05) is 18.2 Å². The molecule has 5 heteroatoms. The molecular formula is C11H8Cl2N2S. The zero-order valence-electron chi connectivity index (χ0n) is 8.15. The van der Waals surface area contributed by atoms with E-state index < -0.39 is 0 Å². The van der Waals surface area contributed by atoms with Crippen LogP contribution >= 0.6 is 35.0 Å². The van der Waals surface area contributed by atoms with Gasteiger partial charge in [0.2, 0.25) is 0 Å². The summed E-state index contributed by atoms with van der Waals surface area (Å²) < 4.78 is 0. The zero-order valence-corrected chi connectivity index (χ0v) is 10.5. The summed E-state index contributed by atoms with van der Waals surface area (Å²) in [5, 5.41) is 2.04. The van der Waals surface area contributed by atoms with Crippen LogP contribution in [0.4, 0.5) is 5.69 Å². The van der Waals surface area contributed by atoms with Gasteiger partial charge in [-0.15, -0.1) is 0 Å². The standard InChI is InChI=1S/C11H8Cl2N2S/c12-7-4-5-10(15-6-7)16-11-8(13)2-1-3-9(11)14/h1-6H,14H2. The number of nitrogens with zero attached hydrogens (tertiary/aromatic N) is 1. The van der Waals surface area contributed by atoms with Crippen molar-refractivity contribution >= 4 is 40.7 Å². The number of rotatable bonds is 2. The predicted octanol–water partition coefficient (Wildman–Crippen LogP) is 4.12. The van der Waals surface area contributed by atoms with Crippen LogP contribution in [0.2, 0.25) is 10.0 Å². The first kappa shape index (κ1) is 11.6. The second kappa shape index (κ2) is 4.95. The molecule has 0 aliphatic carbocycles. The fraction of sp³-hybridized carbons (Fsp3) is 0. The van der Waals surface area contributed by atoms with Crippen LogP contribution in [0.25, 0.3) is 0 Å². The largest absolute Gasteiger partial charge is 0.398 e. The van der Waals surface area contributed by atoms with E-state index in [1.54, 1.807) is 18.3 Å². The van der Waals surface area contributed by atoms with Gasteiger partial charge in [-0.25, -0.2) is 4.98 Å². The Morgan fingerprint density at radius 2 is 1.94 bits per heavy atom. The Balaban J connectivity index is 2.30. The quantitative estimate of drug-likeness (QED) is 0.835. The summed E-state index contributed by atoms with van der Waals surface area (Å²) in [4.78, 5) is 4.99. The van der Waals surface area contributed by atoms with Crippen molar-refractivity contribution in [3.8, 4) is 0 Å². The third-order valence-corrected chi connectivity index (χ3v) is 3.67. The lowest BCUT2D eigenvalue weighted by atomic mass is 10.3. The average molecular weight is 271 g/mol. The Morgan fingerprint density at radius 1 is 1.12 bits per heavy atom. The van der Waals surface area contributed by atoms with Gasteiger partial charge in [0.15, 0.2) is 0 Å². The van der Waals surface area contributed by atoms with Crippen LogP contribution in [0.1, 0.15) is 0 Å². The first-order chi connectivity index (χ1) is 7.66. The predicted molar refractivity (Wildman–Crippen MR) is 69.2 cm³/mol. The van der Waals surface area contributed by atoms with Gasteiger partial charge in [0.25, 0.3) is 0 Å². The van der Waals surface area contributed by atoms with Crippen molar-refractivity contribution in [2.75, 3.05) is 5.73 Å². The van der Waals surface area contributed by atoms with Gasteiger partial charge in [0.05, 0.1) is 14.9 Å². The number of aromatic nitrogens is 1. The lowest BCUT2D eigenvalue weighted by Crippen LogP contribution is -1.89. The summed E-state index contributed by atoms with van der Waals surface area (Å²) in [6, 6.07) is 9.04. The van der Waals surface area contributed by atoms with Crippen molar-refractivity contribution < 1.29 is 0 Å². The second-order valence-corrected chi connectivity index (χ2v) is 4.95. The lowest BCUT2D eigenvalue weighted by molar-refractivity contribution is 1.13. The second-order valence-electron chi connectivity index (χ2n) is 3.07. The number of hydrogen-bond acceptors (Lipinski definition) is 3. The highest BCUT2D eigenvalue weighted by Gasteiger charge is 2.07. The van der Waals surface area contributed by atoms with Gasteiger partial charge in [-0.1, -0.05) is 41.0 Å². The summed E-state index contributed by atoms with van der Waals surface area (Å²) in [6.45, 7) is 0. The van der Waals surface area contributed by atoms with Gasteiger partial charge in [-0.05, 0) is 24.3 Å². The van der Waals surface area contributed by atoms with Crippen LogP contribution in [-0.2, 0) is 0 Å². The van der Waals surface area contributed by atoms with E-state index in [-0.39, 0.29) is 0 Å². The maximum absolute atomic E-state index is 6.06. The third-order valence-electron chi connectivity index (χ3n) is 1.90. The van der Waals surface area contributed by atoms with E-state index in [4.69, 9.17) is 28.9 Å². The van der Waals surface area contributed by atoms with Gasteiger partial charge >= 0.3 is 0 Å². The molecule has 2 aromatic rings. The number of pyridine rings is 1. The fourth-order valence-corrected chi connectivity index (χ4v) is 2.37. The topological polar surface area (TPSA) is 38.9 Å². The summed E-state index contributed by atoms with van der Waals surface area (Å²) >= 11 is 13.2. The van der Waals surface area contributed by atoms with E-state index in [2.05, 4.69) is 4.98 Å². The average Bonchev–Trinajstić information content (AvgIpc) is 2.26. The highest BCUT2D eigenvalue weighted by molar-refractivity contribution is 7.99. The number of hydrogen-bond donors (Lipinski definition) is 1. The van der Waals surface area contributed by atoms with Crippen LogP contribution in [-0.4, -0.2) is 4.98 Å². The molecule has 82 valence electrons. The molecule has 0 aliphatic heterocycles. The molecule has 0 bridgehead atoms. The summed E-state index contributed by atoms with van der Waals surface area (Å²) in [5.74, 6) is 0. The van der Waals surface area contributed by atoms with Crippen molar-refractivity contribution in [1.29, 1.82) is 0 Å². The van der Waals surface area contributed by atoms with E-state index >= 15 is 0 Å². The first-order valence-electron chi connectivity index (χ1n) is 4.50. The van der Waals surface area contributed by atoms with Gasteiger partial charge < -0.3 is 5.73 Å². The normalized spacial score (nSPS) is 10.4. The minimum absolute atomic E-state index is 0.608. The number of benzene rings is 1. The van der Waals surface area contributed by atoms with Gasteiger partial charge in [-0.2, -0.15) is 0 Å². The molecule has 0 spiro atoms. The van der Waals surface area contributed by atoms with Crippen molar-refractivity contribution in [3.63, 3.8) is 0 Å². The summed E-state index contributed by atoms with van der Waals surface area (Å²) in [7, 11) is 0. The van der Waals surface area contributed by atoms with Crippen LogP contribution in [0.15, 0.2) is 46.5 Å². The van der Waals surface area contributed by atoms with Crippen molar-refractivity contribution in [1.82, 2.24) is 4.98 Å². The Bertz CT molecular complexity index is 480. The van der Waals surface area contributed by atoms with Gasteiger partial charge in [0, 0.05) is 11.9 Å². The van der Waals surface area contributed by atoms with E-state index in [0.717, 1.165) is 9.92 Å². The molecule has 0 unspecified atom stereocenters. The molecule has 0 amide bonds. The Hall–Kier alpha value is -0.900. The van der Waals surface area contributed by atoms with Crippen molar-refractivity contribution in [2.24, 2.45) is 0 Å². The number of nitrogens with two attached hydrogens (primary N) is 1. The maximum atomic E-state index is 6.06. The fourth-order valence-electron chi connectivity index (χ4n) is 1.16. The van der Waals surface area contributed by atoms with Crippen molar-refractivity contribution in [3.05, 3.63) is 46.6 Å². The molecule has 0 saturated carbocycles.